The molecule has 0 aliphatic carbocycles. The van der Waals surface area contributed by atoms with Gasteiger partial charge in [-0.1, -0.05) is 12.1 Å². The second-order valence-electron chi connectivity index (χ2n) is 5.64. The number of aryl methyl sites for hydroxylation is 2. The van der Waals surface area contributed by atoms with Crippen molar-refractivity contribution in [2.45, 2.75) is 6.92 Å². The van der Waals surface area contributed by atoms with Gasteiger partial charge in [0.15, 0.2) is 0 Å². The molecule has 24 heavy (non-hydrogen) atoms. The molecule has 0 atom stereocenters. The van der Waals surface area contributed by atoms with Gasteiger partial charge in [0.2, 0.25) is 5.91 Å². The number of hydrogen-bond donors (Lipinski definition) is 1. The van der Waals surface area contributed by atoms with Crippen molar-refractivity contribution < 1.29 is 13.9 Å². The highest BCUT2D eigenvalue weighted by molar-refractivity contribution is 5.93. The Labute approximate surface area is 139 Å². The number of rotatable bonds is 4. The lowest BCUT2D eigenvalue weighted by Crippen LogP contribution is -2.17. The molecule has 0 fully saturated rings. The van der Waals surface area contributed by atoms with Gasteiger partial charge in [-0.15, -0.1) is 0 Å². The van der Waals surface area contributed by atoms with Gasteiger partial charge in [-0.2, -0.15) is 0 Å². The Balaban J connectivity index is 2.03. The zero-order valence-corrected chi connectivity index (χ0v) is 13.8. The lowest BCUT2D eigenvalue weighted by atomic mass is 10.1. The summed E-state index contributed by atoms with van der Waals surface area (Å²) < 4.78 is 20.1. The van der Waals surface area contributed by atoms with E-state index in [0.717, 1.165) is 16.6 Å². The van der Waals surface area contributed by atoms with E-state index in [4.69, 9.17) is 4.74 Å². The number of halogens is 1. The van der Waals surface area contributed by atoms with E-state index in [0.29, 0.717) is 17.0 Å². The molecule has 0 spiro atoms. The van der Waals surface area contributed by atoms with E-state index in [-0.39, 0.29) is 18.3 Å². The van der Waals surface area contributed by atoms with Gasteiger partial charge >= 0.3 is 0 Å². The smallest absolute Gasteiger partial charge is 0.250 e. The summed E-state index contributed by atoms with van der Waals surface area (Å²) >= 11 is 0. The van der Waals surface area contributed by atoms with Crippen LogP contribution in [-0.2, 0) is 16.6 Å². The predicted octanol–water partition coefficient (Wildman–Crippen LogP) is 3.27. The average molecular weight is 327 g/mol. The van der Waals surface area contributed by atoms with Gasteiger partial charge in [-0.05, 0) is 30.7 Å². The number of nitrogens with one attached hydrogen (secondary N) is 1. The third-order valence-corrected chi connectivity index (χ3v) is 3.89. The van der Waals surface area contributed by atoms with Crippen LogP contribution >= 0.6 is 0 Å². The Morgan fingerprint density at radius 2 is 2.08 bits per heavy atom. The molecule has 5 nitrogen and oxygen atoms in total. The minimum atomic E-state index is -0.316. The molecule has 3 rings (SSSR count). The zero-order chi connectivity index (χ0) is 17.3. The van der Waals surface area contributed by atoms with Crippen molar-refractivity contribution >= 4 is 22.6 Å². The molecule has 0 saturated heterocycles. The molecule has 1 heterocycles. The van der Waals surface area contributed by atoms with Crippen LogP contribution in [0.3, 0.4) is 0 Å². The van der Waals surface area contributed by atoms with Crippen molar-refractivity contribution in [3.05, 3.63) is 47.8 Å². The highest BCUT2D eigenvalue weighted by atomic mass is 19.1. The van der Waals surface area contributed by atoms with Gasteiger partial charge in [-0.25, -0.2) is 9.37 Å². The van der Waals surface area contributed by atoms with Crippen molar-refractivity contribution in [3.8, 4) is 11.4 Å². The lowest BCUT2D eigenvalue weighted by molar-refractivity contribution is -0.119. The van der Waals surface area contributed by atoms with Crippen molar-refractivity contribution in [2.24, 2.45) is 7.05 Å². The number of amides is 1. The largest absolute Gasteiger partial charge is 0.375 e. The van der Waals surface area contributed by atoms with Gasteiger partial charge in [0.25, 0.3) is 0 Å². The second-order valence-corrected chi connectivity index (χ2v) is 5.64. The maximum atomic E-state index is 13.4. The zero-order valence-electron chi connectivity index (χ0n) is 13.8. The van der Waals surface area contributed by atoms with E-state index < -0.39 is 0 Å². The third-order valence-electron chi connectivity index (χ3n) is 3.89. The average Bonchev–Trinajstić information content (AvgIpc) is 2.86. The fourth-order valence-corrected chi connectivity index (χ4v) is 2.64. The molecule has 0 aliphatic heterocycles. The fraction of sp³-hybridized carbons (Fsp3) is 0.222. The first-order chi connectivity index (χ1) is 11.5. The molecular formula is C18H18FN3O2. The van der Waals surface area contributed by atoms with E-state index in [2.05, 4.69) is 10.3 Å². The maximum absolute atomic E-state index is 13.4. The number of hydrogen-bond acceptors (Lipinski definition) is 3. The first-order valence-electron chi connectivity index (χ1n) is 7.51. The van der Waals surface area contributed by atoms with E-state index in [1.807, 2.05) is 36.7 Å². The van der Waals surface area contributed by atoms with Gasteiger partial charge in [0.1, 0.15) is 18.2 Å². The fourth-order valence-electron chi connectivity index (χ4n) is 2.64. The minimum absolute atomic E-state index is 0.00473. The Morgan fingerprint density at radius 1 is 1.29 bits per heavy atom. The summed E-state index contributed by atoms with van der Waals surface area (Å²) in [6.07, 6.45) is 0. The van der Waals surface area contributed by atoms with E-state index in [9.17, 15) is 9.18 Å². The highest BCUT2D eigenvalue weighted by Crippen LogP contribution is 2.27. The standard InChI is InChI=1S/C18H18FN3O2/c1-11-4-5-12(8-14(11)20-17(23)10-24-3)18-21-15-9-13(19)6-7-16(15)22(18)2/h4-9H,10H2,1-3H3,(H,20,23). The van der Waals surface area contributed by atoms with Crippen LogP contribution in [0, 0.1) is 12.7 Å². The topological polar surface area (TPSA) is 56.1 Å². The number of aromatic nitrogens is 2. The number of fused-ring (bicyclic) bond motifs is 1. The predicted molar refractivity (Wildman–Crippen MR) is 91.4 cm³/mol. The van der Waals surface area contributed by atoms with Crippen molar-refractivity contribution in [3.63, 3.8) is 0 Å². The third kappa shape index (κ3) is 3.00. The molecule has 0 bridgehead atoms. The monoisotopic (exact) mass is 327 g/mol. The molecule has 3 aromatic rings. The first-order valence-corrected chi connectivity index (χ1v) is 7.51. The Bertz CT molecular complexity index is 918. The molecule has 0 saturated carbocycles. The molecule has 1 aromatic heterocycles. The number of carbonyl (C=O) groups excluding carboxylic acids is 1. The van der Waals surface area contributed by atoms with Crippen molar-refractivity contribution in [1.29, 1.82) is 0 Å². The highest BCUT2D eigenvalue weighted by Gasteiger charge is 2.13. The van der Waals surface area contributed by atoms with Crippen molar-refractivity contribution in [2.75, 3.05) is 19.0 Å². The van der Waals surface area contributed by atoms with Crippen LogP contribution in [0.1, 0.15) is 5.56 Å². The van der Waals surface area contributed by atoms with Gasteiger partial charge < -0.3 is 14.6 Å². The van der Waals surface area contributed by atoms with Crippen LogP contribution < -0.4 is 5.32 Å². The number of carbonyl (C=O) groups is 1. The summed E-state index contributed by atoms with van der Waals surface area (Å²) in [6, 6.07) is 10.2. The van der Waals surface area contributed by atoms with Crippen LogP contribution in [-0.4, -0.2) is 29.2 Å². The van der Waals surface area contributed by atoms with Gasteiger partial charge in [0.05, 0.1) is 11.0 Å². The van der Waals surface area contributed by atoms with Crippen LogP contribution in [0.2, 0.25) is 0 Å². The molecule has 1 amide bonds. The summed E-state index contributed by atoms with van der Waals surface area (Å²) in [5.74, 6) is 0.172. The summed E-state index contributed by atoms with van der Waals surface area (Å²) in [6.45, 7) is 1.91. The molecule has 0 radical (unpaired) electrons. The number of methoxy groups -OCH3 is 1. The van der Waals surface area contributed by atoms with Crippen LogP contribution in [0.5, 0.6) is 0 Å². The molecular weight excluding hydrogens is 309 g/mol. The number of imidazole rings is 1. The molecule has 2 aromatic carbocycles. The van der Waals surface area contributed by atoms with Crippen molar-refractivity contribution in [1.82, 2.24) is 9.55 Å². The number of anilines is 1. The minimum Gasteiger partial charge on any atom is -0.375 e. The Kier molecular flexibility index (Phi) is 4.31. The Hall–Kier alpha value is -2.73. The number of ether oxygens (including phenoxy) is 1. The lowest BCUT2D eigenvalue weighted by Gasteiger charge is -2.10. The molecule has 124 valence electrons. The number of nitrogens with zero attached hydrogens (tertiary/aromatic N) is 2. The van der Waals surface area contributed by atoms with Crippen LogP contribution in [0.25, 0.3) is 22.4 Å². The summed E-state index contributed by atoms with van der Waals surface area (Å²) in [5.41, 5.74) is 3.92. The second kappa shape index (κ2) is 6.41. The summed E-state index contributed by atoms with van der Waals surface area (Å²) in [7, 11) is 3.35. The van der Waals surface area contributed by atoms with Gasteiger partial charge in [0, 0.05) is 31.5 Å². The number of benzene rings is 2. The molecule has 0 unspecified atom stereocenters. The molecule has 6 heteroatoms. The quantitative estimate of drug-likeness (QED) is 0.800. The van der Waals surface area contributed by atoms with Gasteiger partial charge in [-0.3, -0.25) is 4.79 Å². The molecule has 0 aliphatic rings. The van der Waals surface area contributed by atoms with E-state index >= 15 is 0 Å². The van der Waals surface area contributed by atoms with E-state index in [1.165, 1.54) is 19.2 Å². The molecule has 1 N–H and O–H groups in total. The normalized spacial score (nSPS) is 11.0. The summed E-state index contributed by atoms with van der Waals surface area (Å²) in [5, 5.41) is 2.82. The Morgan fingerprint density at radius 3 is 2.83 bits per heavy atom. The summed E-state index contributed by atoms with van der Waals surface area (Å²) in [4.78, 5) is 16.3. The van der Waals surface area contributed by atoms with Crippen LogP contribution in [0.15, 0.2) is 36.4 Å². The maximum Gasteiger partial charge on any atom is 0.250 e. The van der Waals surface area contributed by atoms with E-state index in [1.54, 1.807) is 6.07 Å². The SMILES string of the molecule is COCC(=O)Nc1cc(-c2nc3cc(F)ccc3n2C)ccc1C. The first kappa shape index (κ1) is 16.1. The van der Waals surface area contributed by atoms with Crippen LogP contribution in [0.4, 0.5) is 10.1 Å².